The maximum absolute atomic E-state index is 12.0. The number of carbonyl (C=O) groups excluding carboxylic acids is 2. The molecule has 0 saturated carbocycles. The Bertz CT molecular complexity index is 303. The highest BCUT2D eigenvalue weighted by molar-refractivity contribution is 5.85. The van der Waals surface area contributed by atoms with Gasteiger partial charge in [-0.1, -0.05) is 6.92 Å². The Morgan fingerprint density at radius 2 is 1.90 bits per heavy atom. The van der Waals surface area contributed by atoms with E-state index in [9.17, 15) is 9.59 Å². The molecule has 6 heteroatoms. The van der Waals surface area contributed by atoms with Crippen molar-refractivity contribution in [2.24, 2.45) is 11.7 Å². The van der Waals surface area contributed by atoms with Crippen LogP contribution in [0.1, 0.15) is 46.0 Å². The minimum atomic E-state index is -0.0272. The third kappa shape index (κ3) is 6.57. The van der Waals surface area contributed by atoms with E-state index >= 15 is 0 Å². The second-order valence-electron chi connectivity index (χ2n) is 5.43. The van der Waals surface area contributed by atoms with Crippen LogP contribution < -0.4 is 11.1 Å². The molecule has 1 unspecified atom stereocenters. The first-order valence-electron chi connectivity index (χ1n) is 7.34. The molecule has 1 fully saturated rings. The van der Waals surface area contributed by atoms with Crippen molar-refractivity contribution in [3.05, 3.63) is 0 Å². The van der Waals surface area contributed by atoms with Gasteiger partial charge in [-0.25, -0.2) is 0 Å². The van der Waals surface area contributed by atoms with Crippen molar-refractivity contribution in [3.8, 4) is 0 Å². The fourth-order valence-electron chi connectivity index (χ4n) is 2.41. The second kappa shape index (κ2) is 10.00. The van der Waals surface area contributed by atoms with E-state index in [1.54, 1.807) is 0 Å². The summed E-state index contributed by atoms with van der Waals surface area (Å²) >= 11 is 0. The topological polar surface area (TPSA) is 75.4 Å². The number of amides is 2. The van der Waals surface area contributed by atoms with Crippen LogP contribution in [-0.4, -0.2) is 42.4 Å². The zero-order chi connectivity index (χ0) is 14.3. The summed E-state index contributed by atoms with van der Waals surface area (Å²) < 4.78 is 0. The molecule has 1 aliphatic heterocycles. The van der Waals surface area contributed by atoms with Gasteiger partial charge in [0.15, 0.2) is 0 Å². The molecule has 0 radical (unpaired) electrons. The fourth-order valence-corrected chi connectivity index (χ4v) is 2.41. The van der Waals surface area contributed by atoms with Gasteiger partial charge in [0.1, 0.15) is 0 Å². The van der Waals surface area contributed by atoms with Crippen molar-refractivity contribution in [1.82, 2.24) is 10.2 Å². The quantitative estimate of drug-likeness (QED) is 0.776. The molecule has 1 atom stereocenters. The normalized spacial score (nSPS) is 17.2. The average Bonchev–Trinajstić information content (AvgIpc) is 2.42. The highest BCUT2D eigenvalue weighted by Crippen LogP contribution is 2.20. The van der Waals surface area contributed by atoms with Crippen molar-refractivity contribution in [2.45, 2.75) is 52.0 Å². The number of hydrogen-bond donors (Lipinski definition) is 2. The number of nitrogens with one attached hydrogen (secondary N) is 1. The van der Waals surface area contributed by atoms with Gasteiger partial charge in [-0.3, -0.25) is 9.59 Å². The van der Waals surface area contributed by atoms with Crippen LogP contribution >= 0.6 is 12.4 Å². The Kier molecular flexibility index (Phi) is 9.59. The Morgan fingerprint density at radius 3 is 2.40 bits per heavy atom. The number of nitrogens with two attached hydrogens (primary N) is 1. The zero-order valence-electron chi connectivity index (χ0n) is 12.6. The Labute approximate surface area is 128 Å². The predicted octanol–water partition coefficient (Wildman–Crippen LogP) is 1.30. The molecule has 0 spiro atoms. The number of nitrogens with zero attached hydrogens (tertiary/aromatic N) is 1. The van der Waals surface area contributed by atoms with Crippen LogP contribution in [0.3, 0.4) is 0 Å². The SMILES string of the molecule is CCCNC(=O)CCC(=O)N1CCC(C(C)N)CC1.Cl. The number of carbonyl (C=O) groups is 2. The first-order chi connectivity index (χ1) is 9.04. The molecule has 2 amide bonds. The molecule has 1 heterocycles. The van der Waals surface area contributed by atoms with Gasteiger partial charge >= 0.3 is 0 Å². The molecular formula is C14H28ClN3O2. The molecule has 0 aromatic rings. The van der Waals surface area contributed by atoms with Crippen LogP contribution in [0.15, 0.2) is 0 Å². The van der Waals surface area contributed by atoms with Crippen molar-refractivity contribution in [3.63, 3.8) is 0 Å². The third-order valence-corrected chi connectivity index (χ3v) is 3.77. The summed E-state index contributed by atoms with van der Waals surface area (Å²) in [5.41, 5.74) is 5.88. The monoisotopic (exact) mass is 305 g/mol. The molecule has 118 valence electrons. The van der Waals surface area contributed by atoms with E-state index in [-0.39, 0.29) is 30.3 Å². The summed E-state index contributed by atoms with van der Waals surface area (Å²) in [6.45, 7) is 6.28. The lowest BCUT2D eigenvalue weighted by molar-refractivity contribution is -0.134. The highest BCUT2D eigenvalue weighted by Gasteiger charge is 2.24. The molecule has 0 aromatic carbocycles. The van der Waals surface area contributed by atoms with Crippen molar-refractivity contribution in [2.75, 3.05) is 19.6 Å². The molecule has 0 bridgehead atoms. The van der Waals surface area contributed by atoms with Gasteiger partial charge in [-0.05, 0) is 32.1 Å². The van der Waals surface area contributed by atoms with E-state index in [1.165, 1.54) is 0 Å². The number of likely N-dealkylation sites (tertiary alicyclic amines) is 1. The van der Waals surface area contributed by atoms with E-state index in [2.05, 4.69) is 5.32 Å². The van der Waals surface area contributed by atoms with E-state index in [0.717, 1.165) is 32.4 Å². The smallest absolute Gasteiger partial charge is 0.223 e. The minimum Gasteiger partial charge on any atom is -0.356 e. The van der Waals surface area contributed by atoms with Gasteiger partial charge in [0, 0.05) is 38.5 Å². The molecule has 1 aliphatic rings. The van der Waals surface area contributed by atoms with Crippen LogP contribution in [0.5, 0.6) is 0 Å². The van der Waals surface area contributed by atoms with Crippen LogP contribution in [0.25, 0.3) is 0 Å². The Balaban J connectivity index is 0.00000361. The number of hydrogen-bond acceptors (Lipinski definition) is 3. The average molecular weight is 306 g/mol. The highest BCUT2D eigenvalue weighted by atomic mass is 35.5. The molecule has 3 N–H and O–H groups in total. The summed E-state index contributed by atoms with van der Waals surface area (Å²) in [7, 11) is 0. The van der Waals surface area contributed by atoms with E-state index in [1.807, 2.05) is 18.7 Å². The van der Waals surface area contributed by atoms with Crippen LogP contribution in [0.2, 0.25) is 0 Å². The molecule has 0 aliphatic carbocycles. The molecule has 5 nitrogen and oxygen atoms in total. The summed E-state index contributed by atoms with van der Waals surface area (Å²) in [5, 5.41) is 2.79. The molecule has 1 rings (SSSR count). The van der Waals surface area contributed by atoms with Gasteiger partial charge in [-0.2, -0.15) is 0 Å². The van der Waals surface area contributed by atoms with Crippen molar-refractivity contribution in [1.29, 1.82) is 0 Å². The molecule has 0 aromatic heterocycles. The fraction of sp³-hybridized carbons (Fsp3) is 0.857. The third-order valence-electron chi connectivity index (χ3n) is 3.77. The number of halogens is 1. The lowest BCUT2D eigenvalue weighted by atomic mass is 9.91. The lowest BCUT2D eigenvalue weighted by Crippen LogP contribution is -2.42. The summed E-state index contributed by atoms with van der Waals surface area (Å²) in [6.07, 6.45) is 3.49. The maximum atomic E-state index is 12.0. The largest absolute Gasteiger partial charge is 0.356 e. The first-order valence-corrected chi connectivity index (χ1v) is 7.34. The van der Waals surface area contributed by atoms with Crippen LogP contribution in [0.4, 0.5) is 0 Å². The maximum Gasteiger partial charge on any atom is 0.223 e. The Morgan fingerprint density at radius 1 is 1.30 bits per heavy atom. The van der Waals surface area contributed by atoms with Gasteiger partial charge in [0.25, 0.3) is 0 Å². The predicted molar refractivity (Wildman–Crippen MR) is 82.7 cm³/mol. The minimum absolute atomic E-state index is 0. The standard InChI is InChI=1S/C14H27N3O2.ClH/c1-3-8-16-13(18)4-5-14(19)17-9-6-12(7-10-17)11(2)15;/h11-12H,3-10,15H2,1-2H3,(H,16,18);1H. The van der Waals surface area contributed by atoms with E-state index in [0.29, 0.717) is 25.3 Å². The molecular weight excluding hydrogens is 278 g/mol. The summed E-state index contributed by atoms with van der Waals surface area (Å²) in [6, 6.07) is 0.206. The zero-order valence-corrected chi connectivity index (χ0v) is 13.4. The number of piperidine rings is 1. The van der Waals surface area contributed by atoms with Crippen LogP contribution in [0, 0.1) is 5.92 Å². The summed E-state index contributed by atoms with van der Waals surface area (Å²) in [5.74, 6) is 0.590. The van der Waals surface area contributed by atoms with Gasteiger partial charge in [0.2, 0.25) is 11.8 Å². The van der Waals surface area contributed by atoms with E-state index < -0.39 is 0 Å². The van der Waals surface area contributed by atoms with Crippen molar-refractivity contribution >= 4 is 24.2 Å². The second-order valence-corrected chi connectivity index (χ2v) is 5.43. The molecule has 1 saturated heterocycles. The summed E-state index contributed by atoms with van der Waals surface area (Å²) in [4.78, 5) is 25.3. The van der Waals surface area contributed by atoms with Gasteiger partial charge in [0.05, 0.1) is 0 Å². The number of rotatable bonds is 6. The van der Waals surface area contributed by atoms with Gasteiger partial charge < -0.3 is 16.0 Å². The van der Waals surface area contributed by atoms with Crippen molar-refractivity contribution < 1.29 is 9.59 Å². The van der Waals surface area contributed by atoms with E-state index in [4.69, 9.17) is 5.73 Å². The van der Waals surface area contributed by atoms with Crippen LogP contribution in [-0.2, 0) is 9.59 Å². The molecule has 20 heavy (non-hydrogen) atoms. The van der Waals surface area contributed by atoms with Gasteiger partial charge in [-0.15, -0.1) is 12.4 Å². The lowest BCUT2D eigenvalue weighted by Gasteiger charge is -2.33. The Hall–Kier alpha value is -0.810. The first kappa shape index (κ1) is 19.2.